The summed E-state index contributed by atoms with van der Waals surface area (Å²) in [5.41, 5.74) is 1.79. The molecule has 3 aromatic rings. The van der Waals surface area contributed by atoms with Crippen LogP contribution >= 0.6 is 0 Å². The Hall–Kier alpha value is -3.35. The molecular weight excluding hydrogens is 337 g/mol. The largest absolute Gasteiger partial charge is 0.508 e. The molecule has 6 nitrogen and oxygen atoms in total. The number of nitrogens with zero attached hydrogens (tertiary/aromatic N) is 2. The number of likely N-dealkylation sites (tertiary alicyclic amines) is 1. The van der Waals surface area contributed by atoms with Crippen molar-refractivity contribution in [3.63, 3.8) is 0 Å². The first-order valence-corrected chi connectivity index (χ1v) is 8.15. The molecule has 2 aromatic carbocycles. The van der Waals surface area contributed by atoms with Crippen molar-refractivity contribution in [2.45, 2.75) is 6.10 Å². The third-order valence-electron chi connectivity index (χ3n) is 4.24. The number of para-hydroxylation sites is 1. The van der Waals surface area contributed by atoms with Crippen LogP contribution in [0.1, 0.15) is 10.5 Å². The number of carbonyl (C=O) groups is 1. The molecule has 0 atom stereocenters. The van der Waals surface area contributed by atoms with Crippen LogP contribution in [0.5, 0.6) is 11.5 Å². The van der Waals surface area contributed by atoms with Gasteiger partial charge in [-0.1, -0.05) is 12.1 Å². The second kappa shape index (κ2) is 6.51. The van der Waals surface area contributed by atoms with Crippen LogP contribution in [0, 0.1) is 5.82 Å². The molecule has 0 radical (unpaired) electrons. The molecule has 2 N–H and O–H groups in total. The highest BCUT2D eigenvalue weighted by atomic mass is 19.1. The highest BCUT2D eigenvalue weighted by molar-refractivity contribution is 5.94. The molecule has 0 unspecified atom stereocenters. The Labute approximate surface area is 148 Å². The van der Waals surface area contributed by atoms with E-state index in [0.717, 1.165) is 5.56 Å². The Kier molecular flexibility index (Phi) is 4.04. The monoisotopic (exact) mass is 353 g/mol. The SMILES string of the molecule is O=C(c1cc(-c2ccc(O)cc2)n[nH]1)N1CC(Oc2ccccc2F)C1. The Morgan fingerprint density at radius 1 is 1.19 bits per heavy atom. The molecule has 1 amide bonds. The number of phenols is 1. The summed E-state index contributed by atoms with van der Waals surface area (Å²) >= 11 is 0. The molecule has 26 heavy (non-hydrogen) atoms. The first-order valence-electron chi connectivity index (χ1n) is 8.15. The van der Waals surface area contributed by atoms with Gasteiger partial charge in [-0.3, -0.25) is 9.89 Å². The predicted octanol–water partition coefficient (Wildman–Crippen LogP) is 2.82. The summed E-state index contributed by atoms with van der Waals surface area (Å²) in [6.07, 6.45) is -0.227. The first-order chi connectivity index (χ1) is 12.6. The summed E-state index contributed by atoms with van der Waals surface area (Å²) in [6.45, 7) is 0.779. The number of hydrogen-bond acceptors (Lipinski definition) is 4. The average Bonchev–Trinajstić information content (AvgIpc) is 3.09. The number of aromatic nitrogens is 2. The van der Waals surface area contributed by atoms with E-state index in [2.05, 4.69) is 10.2 Å². The summed E-state index contributed by atoms with van der Waals surface area (Å²) in [5, 5.41) is 16.2. The molecule has 1 aromatic heterocycles. The zero-order chi connectivity index (χ0) is 18.1. The summed E-state index contributed by atoms with van der Waals surface area (Å²) in [6, 6.07) is 14.4. The Balaban J connectivity index is 1.38. The van der Waals surface area contributed by atoms with Crippen molar-refractivity contribution >= 4 is 5.91 Å². The number of halogens is 1. The summed E-state index contributed by atoms with van der Waals surface area (Å²) < 4.78 is 19.2. The maximum atomic E-state index is 13.6. The Morgan fingerprint density at radius 2 is 1.92 bits per heavy atom. The van der Waals surface area contributed by atoms with E-state index in [1.165, 1.54) is 6.07 Å². The fraction of sp³-hybridized carbons (Fsp3) is 0.158. The number of ether oxygens (including phenoxy) is 1. The molecule has 0 spiro atoms. The van der Waals surface area contributed by atoms with Crippen molar-refractivity contribution in [3.8, 4) is 22.8 Å². The molecule has 1 fully saturated rings. The third kappa shape index (κ3) is 3.11. The zero-order valence-corrected chi connectivity index (χ0v) is 13.7. The van der Waals surface area contributed by atoms with E-state index in [1.54, 1.807) is 53.4 Å². The van der Waals surface area contributed by atoms with Gasteiger partial charge in [-0.15, -0.1) is 0 Å². The van der Waals surface area contributed by atoms with E-state index in [4.69, 9.17) is 4.74 Å². The molecule has 0 aliphatic carbocycles. The highest BCUT2D eigenvalue weighted by Crippen LogP contribution is 2.24. The number of hydrogen-bond donors (Lipinski definition) is 2. The summed E-state index contributed by atoms with van der Waals surface area (Å²) in [5.74, 6) is -0.233. The molecule has 7 heteroatoms. The van der Waals surface area contributed by atoms with Crippen molar-refractivity contribution < 1.29 is 19.0 Å². The van der Waals surface area contributed by atoms with E-state index in [9.17, 15) is 14.3 Å². The topological polar surface area (TPSA) is 78.4 Å². The lowest BCUT2D eigenvalue weighted by Crippen LogP contribution is -2.56. The normalized spacial score (nSPS) is 14.1. The quantitative estimate of drug-likeness (QED) is 0.756. The molecule has 2 heterocycles. The maximum Gasteiger partial charge on any atom is 0.272 e. The highest BCUT2D eigenvalue weighted by Gasteiger charge is 2.34. The number of aromatic amines is 1. The number of amides is 1. The van der Waals surface area contributed by atoms with Gasteiger partial charge in [-0.05, 0) is 42.5 Å². The molecule has 1 aliphatic rings. The minimum absolute atomic E-state index is 0.169. The molecule has 0 saturated carbocycles. The molecular formula is C19H16FN3O3. The standard InChI is InChI=1S/C19H16FN3O3/c20-15-3-1-2-4-18(15)26-14-10-23(11-14)19(25)17-9-16(21-22-17)12-5-7-13(24)8-6-12/h1-9,14,24H,10-11H2,(H,21,22). The number of phenolic OH excluding ortho intramolecular Hbond substituents is 1. The molecule has 132 valence electrons. The number of rotatable bonds is 4. The van der Waals surface area contributed by atoms with Crippen molar-refractivity contribution in [2.75, 3.05) is 13.1 Å². The molecule has 0 bridgehead atoms. The minimum Gasteiger partial charge on any atom is -0.508 e. The minimum atomic E-state index is -0.413. The van der Waals surface area contributed by atoms with E-state index >= 15 is 0 Å². The lowest BCUT2D eigenvalue weighted by Gasteiger charge is -2.38. The van der Waals surface area contributed by atoms with E-state index in [1.807, 2.05) is 0 Å². The van der Waals surface area contributed by atoms with Gasteiger partial charge in [0.1, 0.15) is 17.5 Å². The van der Waals surface area contributed by atoms with E-state index in [-0.39, 0.29) is 23.5 Å². The lowest BCUT2D eigenvalue weighted by molar-refractivity contribution is 0.0159. The van der Waals surface area contributed by atoms with Gasteiger partial charge in [0, 0.05) is 5.56 Å². The summed E-state index contributed by atoms with van der Waals surface area (Å²) in [4.78, 5) is 14.1. The van der Waals surface area contributed by atoms with Crippen LogP contribution in [-0.4, -0.2) is 45.3 Å². The first kappa shape index (κ1) is 16.1. The van der Waals surface area contributed by atoms with Gasteiger partial charge in [0.25, 0.3) is 5.91 Å². The maximum absolute atomic E-state index is 13.6. The van der Waals surface area contributed by atoms with Crippen LogP contribution in [0.3, 0.4) is 0 Å². The van der Waals surface area contributed by atoms with Crippen molar-refractivity contribution in [2.24, 2.45) is 0 Å². The Morgan fingerprint density at radius 3 is 2.65 bits per heavy atom. The fourth-order valence-electron chi connectivity index (χ4n) is 2.78. The van der Waals surface area contributed by atoms with Crippen LogP contribution in [-0.2, 0) is 0 Å². The molecule has 1 saturated heterocycles. The smallest absolute Gasteiger partial charge is 0.272 e. The van der Waals surface area contributed by atoms with Gasteiger partial charge in [0.15, 0.2) is 11.6 Å². The van der Waals surface area contributed by atoms with E-state index in [0.29, 0.717) is 24.5 Å². The molecule has 1 aliphatic heterocycles. The zero-order valence-electron chi connectivity index (χ0n) is 13.7. The van der Waals surface area contributed by atoms with Crippen LogP contribution < -0.4 is 4.74 Å². The third-order valence-corrected chi connectivity index (χ3v) is 4.24. The second-order valence-corrected chi connectivity index (χ2v) is 6.09. The van der Waals surface area contributed by atoms with Crippen molar-refractivity contribution in [3.05, 3.63) is 66.1 Å². The van der Waals surface area contributed by atoms with Crippen molar-refractivity contribution in [1.29, 1.82) is 0 Å². The number of benzene rings is 2. The lowest BCUT2D eigenvalue weighted by atomic mass is 10.1. The van der Waals surface area contributed by atoms with Crippen molar-refractivity contribution in [1.82, 2.24) is 15.1 Å². The van der Waals surface area contributed by atoms with Gasteiger partial charge >= 0.3 is 0 Å². The summed E-state index contributed by atoms with van der Waals surface area (Å²) in [7, 11) is 0. The number of aromatic hydroxyl groups is 1. The van der Waals surface area contributed by atoms with Crippen LogP contribution in [0.25, 0.3) is 11.3 Å². The molecule has 4 rings (SSSR count). The predicted molar refractivity (Wildman–Crippen MR) is 92.4 cm³/mol. The van der Waals surface area contributed by atoms with Crippen LogP contribution in [0.4, 0.5) is 4.39 Å². The van der Waals surface area contributed by atoms with Gasteiger partial charge in [0.05, 0.1) is 18.8 Å². The van der Waals surface area contributed by atoms with Crippen LogP contribution in [0.2, 0.25) is 0 Å². The van der Waals surface area contributed by atoms with Gasteiger partial charge < -0.3 is 14.7 Å². The van der Waals surface area contributed by atoms with E-state index < -0.39 is 5.82 Å². The average molecular weight is 353 g/mol. The number of H-pyrrole nitrogens is 1. The second-order valence-electron chi connectivity index (χ2n) is 6.09. The van der Waals surface area contributed by atoms with Crippen LogP contribution in [0.15, 0.2) is 54.6 Å². The fourth-order valence-corrected chi connectivity index (χ4v) is 2.78. The van der Waals surface area contributed by atoms with Gasteiger partial charge in [-0.25, -0.2) is 4.39 Å². The van der Waals surface area contributed by atoms with Gasteiger partial charge in [0.2, 0.25) is 0 Å². The number of nitrogens with one attached hydrogen (secondary N) is 1. The number of carbonyl (C=O) groups excluding carboxylic acids is 1. The van der Waals surface area contributed by atoms with Gasteiger partial charge in [-0.2, -0.15) is 5.10 Å². The Bertz CT molecular complexity index is 933.